The second-order valence-electron chi connectivity index (χ2n) is 3.92. The zero-order valence-corrected chi connectivity index (χ0v) is 10.9. The Morgan fingerprint density at radius 3 is 2.75 bits per heavy atom. The van der Waals surface area contributed by atoms with Crippen molar-refractivity contribution in [3.63, 3.8) is 0 Å². The van der Waals surface area contributed by atoms with Gasteiger partial charge in [-0.15, -0.1) is 5.92 Å². The Hall–Kier alpha value is -2.48. The van der Waals surface area contributed by atoms with Gasteiger partial charge in [0.05, 0.1) is 5.69 Å². The van der Waals surface area contributed by atoms with Gasteiger partial charge in [-0.1, -0.05) is 24.1 Å². The van der Waals surface area contributed by atoms with Crippen molar-refractivity contribution in [1.82, 2.24) is 9.97 Å². The Kier molecular flexibility index (Phi) is 4.61. The van der Waals surface area contributed by atoms with E-state index in [1.165, 1.54) is 12.4 Å². The predicted octanol–water partition coefficient (Wildman–Crippen LogP) is 2.75. The van der Waals surface area contributed by atoms with Crippen molar-refractivity contribution in [3.8, 4) is 17.7 Å². The van der Waals surface area contributed by atoms with Gasteiger partial charge in [0.1, 0.15) is 12.1 Å². The summed E-state index contributed by atoms with van der Waals surface area (Å²) in [5.41, 5.74) is 0.453. The van der Waals surface area contributed by atoms with Crippen LogP contribution in [0.5, 0.6) is 5.88 Å². The highest BCUT2D eigenvalue weighted by Gasteiger charge is 2.14. The average molecular weight is 274 g/mol. The maximum Gasteiger partial charge on any atom is 0.254 e. The van der Waals surface area contributed by atoms with Gasteiger partial charge in [0.25, 0.3) is 5.88 Å². The van der Waals surface area contributed by atoms with Gasteiger partial charge in [-0.2, -0.15) is 9.37 Å². The van der Waals surface area contributed by atoms with E-state index in [0.29, 0.717) is 5.56 Å². The van der Waals surface area contributed by atoms with E-state index in [1.807, 2.05) is 0 Å². The Balaban J connectivity index is 2.22. The molecule has 0 bridgehead atoms. The highest BCUT2D eigenvalue weighted by molar-refractivity contribution is 5.26. The highest BCUT2D eigenvalue weighted by atomic mass is 19.1. The van der Waals surface area contributed by atoms with Crippen LogP contribution in [-0.4, -0.2) is 16.6 Å². The van der Waals surface area contributed by atoms with Gasteiger partial charge < -0.3 is 4.74 Å². The zero-order chi connectivity index (χ0) is 14.4. The van der Waals surface area contributed by atoms with Crippen LogP contribution in [0.3, 0.4) is 0 Å². The van der Waals surface area contributed by atoms with Gasteiger partial charge in [-0.05, 0) is 18.6 Å². The first kappa shape index (κ1) is 13.9. The van der Waals surface area contributed by atoms with Crippen LogP contribution >= 0.6 is 0 Å². The van der Waals surface area contributed by atoms with Crippen LogP contribution in [0.15, 0.2) is 30.6 Å². The fraction of sp³-hybridized carbons (Fsp3) is 0.200. The first-order chi connectivity index (χ1) is 9.72. The van der Waals surface area contributed by atoms with Crippen LogP contribution in [0.2, 0.25) is 0 Å². The van der Waals surface area contributed by atoms with E-state index in [1.54, 1.807) is 25.1 Å². The van der Waals surface area contributed by atoms with Crippen LogP contribution in [0.1, 0.15) is 18.2 Å². The van der Waals surface area contributed by atoms with Crippen LogP contribution in [0.4, 0.5) is 8.78 Å². The fourth-order valence-corrected chi connectivity index (χ4v) is 1.61. The van der Waals surface area contributed by atoms with Gasteiger partial charge >= 0.3 is 0 Å². The molecule has 1 aromatic heterocycles. The number of hydrogen-bond acceptors (Lipinski definition) is 3. The lowest BCUT2D eigenvalue weighted by atomic mass is 10.1. The maximum absolute atomic E-state index is 14.1. The van der Waals surface area contributed by atoms with E-state index < -0.39 is 11.6 Å². The summed E-state index contributed by atoms with van der Waals surface area (Å²) in [5.74, 6) is 4.01. The lowest BCUT2D eigenvalue weighted by molar-refractivity contribution is 0.329. The molecule has 20 heavy (non-hydrogen) atoms. The van der Waals surface area contributed by atoms with Crippen molar-refractivity contribution in [1.29, 1.82) is 0 Å². The summed E-state index contributed by atoms with van der Waals surface area (Å²) in [4.78, 5) is 7.54. The molecule has 0 atom stereocenters. The minimum atomic E-state index is -0.686. The van der Waals surface area contributed by atoms with Gasteiger partial charge in [0.2, 0.25) is 5.82 Å². The third kappa shape index (κ3) is 3.29. The van der Waals surface area contributed by atoms with Crippen molar-refractivity contribution in [2.45, 2.75) is 13.3 Å². The SMILES string of the molecule is CC#CCOc1ncnc(Cc2ccccc2F)c1F. The molecule has 102 valence electrons. The summed E-state index contributed by atoms with van der Waals surface area (Å²) < 4.78 is 32.7. The molecule has 0 aliphatic carbocycles. The molecule has 0 unspecified atom stereocenters. The Morgan fingerprint density at radius 2 is 2.00 bits per heavy atom. The van der Waals surface area contributed by atoms with Crippen molar-refractivity contribution in [2.24, 2.45) is 0 Å². The van der Waals surface area contributed by atoms with Crippen molar-refractivity contribution in [2.75, 3.05) is 6.61 Å². The van der Waals surface area contributed by atoms with E-state index in [-0.39, 0.29) is 24.6 Å². The van der Waals surface area contributed by atoms with E-state index in [0.717, 1.165) is 0 Å². The van der Waals surface area contributed by atoms with E-state index in [9.17, 15) is 8.78 Å². The first-order valence-corrected chi connectivity index (χ1v) is 5.97. The topological polar surface area (TPSA) is 35.0 Å². The van der Waals surface area contributed by atoms with E-state index >= 15 is 0 Å². The van der Waals surface area contributed by atoms with Gasteiger partial charge in [-0.25, -0.2) is 9.37 Å². The molecule has 0 aliphatic rings. The predicted molar refractivity (Wildman–Crippen MR) is 70.1 cm³/mol. The Bertz CT molecular complexity index is 662. The summed E-state index contributed by atoms with van der Waals surface area (Å²) in [6.45, 7) is 1.70. The second kappa shape index (κ2) is 6.62. The molecule has 0 saturated carbocycles. The van der Waals surface area contributed by atoms with E-state index in [2.05, 4.69) is 21.8 Å². The monoisotopic (exact) mass is 274 g/mol. The van der Waals surface area contributed by atoms with Crippen molar-refractivity contribution in [3.05, 3.63) is 53.5 Å². The van der Waals surface area contributed by atoms with Crippen LogP contribution in [0.25, 0.3) is 0 Å². The largest absolute Gasteiger partial charge is 0.462 e. The maximum atomic E-state index is 14.1. The van der Waals surface area contributed by atoms with Crippen LogP contribution in [0, 0.1) is 23.5 Å². The molecule has 5 heteroatoms. The lowest BCUT2D eigenvalue weighted by Gasteiger charge is -2.07. The first-order valence-electron chi connectivity index (χ1n) is 5.97. The number of ether oxygens (including phenoxy) is 1. The minimum absolute atomic E-state index is 0.0385. The third-order valence-electron chi connectivity index (χ3n) is 2.60. The molecule has 3 nitrogen and oxygen atoms in total. The standard InChI is InChI=1S/C15H12F2N2O/c1-2-3-8-20-15-14(17)13(18-10-19-15)9-11-6-4-5-7-12(11)16/h4-7,10H,8-9H2,1H3. The summed E-state index contributed by atoms with van der Waals surface area (Å²) in [7, 11) is 0. The molecule has 0 radical (unpaired) electrons. The fourth-order valence-electron chi connectivity index (χ4n) is 1.61. The van der Waals surface area contributed by atoms with Gasteiger partial charge in [-0.3, -0.25) is 0 Å². The van der Waals surface area contributed by atoms with Gasteiger partial charge in [0, 0.05) is 6.42 Å². The molecule has 0 aliphatic heterocycles. The number of hydrogen-bond donors (Lipinski definition) is 0. The van der Waals surface area contributed by atoms with Crippen molar-refractivity contribution < 1.29 is 13.5 Å². The van der Waals surface area contributed by atoms with Gasteiger partial charge in [0.15, 0.2) is 6.61 Å². The molecule has 0 fully saturated rings. The molecule has 0 saturated heterocycles. The molecule has 2 aromatic rings. The normalized spacial score (nSPS) is 9.75. The zero-order valence-electron chi connectivity index (χ0n) is 10.9. The summed E-state index contributed by atoms with van der Waals surface area (Å²) in [5, 5.41) is 0. The number of halogens is 2. The second-order valence-corrected chi connectivity index (χ2v) is 3.92. The molecular weight excluding hydrogens is 262 g/mol. The summed E-state index contributed by atoms with van der Waals surface area (Å²) in [6, 6.07) is 6.17. The molecule has 2 rings (SSSR count). The average Bonchev–Trinajstić information content (AvgIpc) is 2.45. The number of rotatable bonds is 4. The van der Waals surface area contributed by atoms with Crippen LogP contribution in [-0.2, 0) is 6.42 Å². The molecular formula is C15H12F2N2O. The van der Waals surface area contributed by atoms with Crippen molar-refractivity contribution >= 4 is 0 Å². The Morgan fingerprint density at radius 1 is 1.20 bits per heavy atom. The smallest absolute Gasteiger partial charge is 0.254 e. The summed E-state index contributed by atoms with van der Waals surface area (Å²) in [6.07, 6.45) is 1.23. The molecule has 1 aromatic carbocycles. The molecule has 0 spiro atoms. The number of nitrogens with zero attached hydrogens (tertiary/aromatic N) is 2. The lowest BCUT2D eigenvalue weighted by Crippen LogP contribution is -2.05. The Labute approximate surface area is 115 Å². The van der Waals surface area contributed by atoms with Crippen LogP contribution < -0.4 is 4.74 Å². The summed E-state index contributed by atoms with van der Waals surface area (Å²) >= 11 is 0. The molecule has 0 amide bonds. The molecule has 1 heterocycles. The number of benzene rings is 1. The number of aromatic nitrogens is 2. The third-order valence-corrected chi connectivity index (χ3v) is 2.60. The quantitative estimate of drug-likeness (QED) is 0.804. The molecule has 0 N–H and O–H groups in total. The highest BCUT2D eigenvalue weighted by Crippen LogP contribution is 2.19. The minimum Gasteiger partial charge on any atom is -0.462 e. The van der Waals surface area contributed by atoms with E-state index in [4.69, 9.17) is 4.74 Å².